The van der Waals surface area contributed by atoms with Crippen molar-refractivity contribution in [1.29, 1.82) is 0 Å². The van der Waals surface area contributed by atoms with Crippen LogP contribution >= 0.6 is 27.3 Å². The number of carbonyl (C=O) groups is 1. The molecule has 0 aliphatic heterocycles. The summed E-state index contributed by atoms with van der Waals surface area (Å²) in [6.07, 6.45) is 0.319. The quantitative estimate of drug-likeness (QED) is 0.781. The number of benzene rings is 1. The smallest absolute Gasteiger partial charge is 0.169 e. The lowest BCUT2D eigenvalue weighted by Crippen LogP contribution is -2.04. The number of hydrogen-bond donors (Lipinski definition) is 0. The van der Waals surface area contributed by atoms with Crippen molar-refractivity contribution in [3.05, 3.63) is 56.4 Å². The van der Waals surface area contributed by atoms with Crippen molar-refractivity contribution in [2.75, 3.05) is 0 Å². The zero-order chi connectivity index (χ0) is 11.5. The van der Waals surface area contributed by atoms with Gasteiger partial charge in [-0.2, -0.15) is 0 Å². The standard InChI is InChI=1S/C12H8BrFOS/c13-12-9(4-1-5-10(12)14)11(15)7-8-3-2-6-16-8/h1-6H,7H2. The Hall–Kier alpha value is -1.00. The molecule has 0 saturated carbocycles. The van der Waals surface area contributed by atoms with E-state index in [0.717, 1.165) is 4.88 Å². The number of rotatable bonds is 3. The highest BCUT2D eigenvalue weighted by Crippen LogP contribution is 2.22. The summed E-state index contributed by atoms with van der Waals surface area (Å²) in [4.78, 5) is 12.9. The van der Waals surface area contributed by atoms with Crippen LogP contribution in [0.1, 0.15) is 15.2 Å². The third-order valence-electron chi connectivity index (χ3n) is 2.17. The molecule has 2 rings (SSSR count). The third-order valence-corrected chi connectivity index (χ3v) is 3.85. The molecule has 0 unspecified atom stereocenters. The Morgan fingerprint density at radius 2 is 2.12 bits per heavy atom. The summed E-state index contributed by atoms with van der Waals surface area (Å²) in [5.74, 6) is -0.481. The maximum atomic E-state index is 13.2. The number of halogens is 2. The summed E-state index contributed by atoms with van der Waals surface area (Å²) in [6, 6.07) is 8.29. The molecule has 0 saturated heterocycles. The van der Waals surface area contributed by atoms with Gasteiger partial charge in [0.1, 0.15) is 5.82 Å². The van der Waals surface area contributed by atoms with Gasteiger partial charge < -0.3 is 0 Å². The van der Waals surface area contributed by atoms with Crippen LogP contribution in [0.3, 0.4) is 0 Å². The zero-order valence-electron chi connectivity index (χ0n) is 8.24. The van der Waals surface area contributed by atoms with E-state index >= 15 is 0 Å². The van der Waals surface area contributed by atoms with E-state index in [4.69, 9.17) is 0 Å². The molecule has 82 valence electrons. The van der Waals surface area contributed by atoms with E-state index in [0.29, 0.717) is 12.0 Å². The second kappa shape index (κ2) is 4.89. The van der Waals surface area contributed by atoms with Gasteiger partial charge in [-0.05, 0) is 33.4 Å². The predicted octanol–water partition coefficient (Wildman–Crippen LogP) is 4.08. The molecule has 1 aromatic heterocycles. The summed E-state index contributed by atoms with van der Waals surface area (Å²) in [6.45, 7) is 0. The van der Waals surface area contributed by atoms with Crippen molar-refractivity contribution in [1.82, 2.24) is 0 Å². The molecule has 0 amide bonds. The van der Waals surface area contributed by atoms with E-state index in [2.05, 4.69) is 15.9 Å². The van der Waals surface area contributed by atoms with Crippen molar-refractivity contribution in [3.8, 4) is 0 Å². The number of carbonyl (C=O) groups excluding carboxylic acids is 1. The highest BCUT2D eigenvalue weighted by Gasteiger charge is 2.13. The van der Waals surface area contributed by atoms with Crippen LogP contribution in [-0.2, 0) is 6.42 Å². The van der Waals surface area contributed by atoms with Gasteiger partial charge >= 0.3 is 0 Å². The Balaban J connectivity index is 2.24. The van der Waals surface area contributed by atoms with Gasteiger partial charge in [0.2, 0.25) is 0 Å². The molecule has 0 fully saturated rings. The normalized spacial score (nSPS) is 10.4. The fraction of sp³-hybridized carbons (Fsp3) is 0.0833. The Morgan fingerprint density at radius 3 is 2.81 bits per heavy atom. The minimum absolute atomic E-state index is 0.0752. The van der Waals surface area contributed by atoms with Gasteiger partial charge in [0.15, 0.2) is 5.78 Å². The van der Waals surface area contributed by atoms with Crippen LogP contribution in [0, 0.1) is 5.82 Å². The lowest BCUT2D eigenvalue weighted by atomic mass is 10.1. The van der Waals surface area contributed by atoms with E-state index in [1.807, 2.05) is 17.5 Å². The lowest BCUT2D eigenvalue weighted by Gasteiger charge is -2.03. The first-order chi connectivity index (χ1) is 7.68. The van der Waals surface area contributed by atoms with Crippen LogP contribution in [-0.4, -0.2) is 5.78 Å². The topological polar surface area (TPSA) is 17.1 Å². The number of ketones is 1. The minimum Gasteiger partial charge on any atom is -0.294 e. The van der Waals surface area contributed by atoms with Crippen molar-refractivity contribution in [3.63, 3.8) is 0 Å². The van der Waals surface area contributed by atoms with Crippen molar-refractivity contribution < 1.29 is 9.18 Å². The summed E-state index contributed by atoms with van der Waals surface area (Å²) < 4.78 is 13.5. The fourth-order valence-electron chi connectivity index (χ4n) is 1.39. The van der Waals surface area contributed by atoms with E-state index in [9.17, 15) is 9.18 Å². The molecule has 1 aromatic carbocycles. The molecule has 0 radical (unpaired) electrons. The van der Waals surface area contributed by atoms with Gasteiger partial charge in [-0.15, -0.1) is 11.3 Å². The van der Waals surface area contributed by atoms with E-state index in [1.165, 1.54) is 17.4 Å². The van der Waals surface area contributed by atoms with Crippen LogP contribution in [0.25, 0.3) is 0 Å². The maximum absolute atomic E-state index is 13.2. The molecule has 0 bridgehead atoms. The molecule has 2 aromatic rings. The van der Waals surface area contributed by atoms with Gasteiger partial charge in [-0.25, -0.2) is 4.39 Å². The molecule has 0 aliphatic carbocycles. The minimum atomic E-state index is -0.406. The van der Waals surface area contributed by atoms with Gasteiger partial charge in [0, 0.05) is 16.9 Å². The SMILES string of the molecule is O=C(Cc1cccs1)c1cccc(F)c1Br. The Bertz CT molecular complexity index is 508. The molecular weight excluding hydrogens is 291 g/mol. The van der Waals surface area contributed by atoms with Crippen LogP contribution in [0.2, 0.25) is 0 Å². The number of thiophene rings is 1. The summed E-state index contributed by atoms with van der Waals surface area (Å²) in [7, 11) is 0. The molecule has 4 heteroatoms. The largest absolute Gasteiger partial charge is 0.294 e. The average Bonchev–Trinajstić information content (AvgIpc) is 2.74. The van der Waals surface area contributed by atoms with Gasteiger partial charge in [0.05, 0.1) is 4.47 Å². The van der Waals surface area contributed by atoms with Crippen molar-refractivity contribution in [2.45, 2.75) is 6.42 Å². The maximum Gasteiger partial charge on any atom is 0.169 e. The first-order valence-electron chi connectivity index (χ1n) is 4.68. The Labute approximate surface area is 105 Å². The first kappa shape index (κ1) is 11.5. The summed E-state index contributed by atoms with van der Waals surface area (Å²) in [5.41, 5.74) is 0.397. The summed E-state index contributed by atoms with van der Waals surface area (Å²) >= 11 is 4.62. The molecular formula is C12H8BrFOS. The summed E-state index contributed by atoms with van der Waals surface area (Å²) in [5, 5.41) is 1.92. The van der Waals surface area contributed by atoms with Gasteiger partial charge in [-0.1, -0.05) is 18.2 Å². The second-order valence-corrected chi connectivity index (χ2v) is 5.11. The number of hydrogen-bond acceptors (Lipinski definition) is 2. The van der Waals surface area contributed by atoms with Gasteiger partial charge in [-0.3, -0.25) is 4.79 Å². The molecule has 0 atom stereocenters. The molecule has 16 heavy (non-hydrogen) atoms. The van der Waals surface area contributed by atoms with Crippen molar-refractivity contribution >= 4 is 33.0 Å². The Kier molecular flexibility index (Phi) is 3.51. The van der Waals surface area contributed by atoms with Gasteiger partial charge in [0.25, 0.3) is 0 Å². The molecule has 0 spiro atoms. The van der Waals surface area contributed by atoms with E-state index in [-0.39, 0.29) is 10.3 Å². The lowest BCUT2D eigenvalue weighted by molar-refractivity contribution is 0.0992. The highest BCUT2D eigenvalue weighted by molar-refractivity contribution is 9.10. The highest BCUT2D eigenvalue weighted by atomic mass is 79.9. The Morgan fingerprint density at radius 1 is 1.31 bits per heavy atom. The fourth-order valence-corrected chi connectivity index (χ4v) is 2.57. The average molecular weight is 299 g/mol. The zero-order valence-corrected chi connectivity index (χ0v) is 10.6. The monoisotopic (exact) mass is 298 g/mol. The molecule has 0 N–H and O–H groups in total. The van der Waals surface area contributed by atoms with E-state index in [1.54, 1.807) is 12.1 Å². The van der Waals surface area contributed by atoms with Crippen LogP contribution in [0.15, 0.2) is 40.2 Å². The molecule has 1 heterocycles. The van der Waals surface area contributed by atoms with Crippen LogP contribution in [0.5, 0.6) is 0 Å². The molecule has 1 nitrogen and oxygen atoms in total. The van der Waals surface area contributed by atoms with Crippen molar-refractivity contribution in [2.24, 2.45) is 0 Å². The predicted molar refractivity (Wildman–Crippen MR) is 66.5 cm³/mol. The second-order valence-electron chi connectivity index (χ2n) is 3.28. The van der Waals surface area contributed by atoms with Crippen LogP contribution < -0.4 is 0 Å². The molecule has 0 aliphatic rings. The third kappa shape index (κ3) is 2.39. The van der Waals surface area contributed by atoms with Crippen LogP contribution in [0.4, 0.5) is 4.39 Å². The van der Waals surface area contributed by atoms with E-state index < -0.39 is 5.82 Å². The number of Topliss-reactive ketones (excluding diaryl/α,β-unsaturated/α-hetero) is 1. The first-order valence-corrected chi connectivity index (χ1v) is 6.35.